The number of anilines is 2. The first-order valence-electron chi connectivity index (χ1n) is 5.93. The molecular weight excluding hydrogens is 267 g/mol. The number of carbonyl (C=O) groups is 1. The third kappa shape index (κ3) is 3.53. The van der Waals surface area contributed by atoms with E-state index in [0.717, 1.165) is 12.2 Å². The second kappa shape index (κ2) is 6.65. The Balaban J connectivity index is 3.12. The SMILES string of the molecule is CSCCC(C)N(C)c1ccc(F)c(N)c1C(=O)O. The van der Waals surface area contributed by atoms with E-state index in [9.17, 15) is 14.3 Å². The maximum absolute atomic E-state index is 13.4. The van der Waals surface area contributed by atoms with Crippen LogP contribution < -0.4 is 10.6 Å². The standard InChI is InChI=1S/C13H19FN2O2S/c1-8(6-7-19-3)16(2)10-5-4-9(14)12(15)11(10)13(17)18/h4-5,8H,6-7,15H2,1-3H3,(H,17,18). The molecule has 0 bridgehead atoms. The van der Waals surface area contributed by atoms with E-state index in [1.54, 1.807) is 18.8 Å². The number of rotatable bonds is 6. The number of nitrogens with zero attached hydrogens (tertiary/aromatic N) is 1. The molecule has 106 valence electrons. The minimum atomic E-state index is -1.21. The Labute approximate surface area is 116 Å². The van der Waals surface area contributed by atoms with Crippen LogP contribution in [0.2, 0.25) is 0 Å². The summed E-state index contributed by atoms with van der Waals surface area (Å²) in [7, 11) is 1.80. The van der Waals surface area contributed by atoms with Crippen LogP contribution in [0.4, 0.5) is 15.8 Å². The van der Waals surface area contributed by atoms with Crippen molar-refractivity contribution in [3.63, 3.8) is 0 Å². The molecule has 0 radical (unpaired) electrons. The zero-order valence-electron chi connectivity index (χ0n) is 11.3. The molecule has 0 aromatic heterocycles. The normalized spacial score (nSPS) is 12.2. The summed E-state index contributed by atoms with van der Waals surface area (Å²) in [5.74, 6) is -0.938. The van der Waals surface area contributed by atoms with Crippen molar-refractivity contribution >= 4 is 29.1 Å². The third-order valence-corrected chi connectivity index (χ3v) is 3.81. The molecule has 0 aliphatic carbocycles. The maximum atomic E-state index is 13.4. The minimum Gasteiger partial charge on any atom is -0.478 e. The molecule has 0 aliphatic rings. The zero-order chi connectivity index (χ0) is 14.6. The predicted molar refractivity (Wildman–Crippen MR) is 78.6 cm³/mol. The molecule has 1 rings (SSSR count). The van der Waals surface area contributed by atoms with Crippen LogP contribution >= 0.6 is 11.8 Å². The monoisotopic (exact) mass is 286 g/mol. The number of nitrogen functional groups attached to an aromatic ring is 1. The summed E-state index contributed by atoms with van der Waals surface area (Å²) >= 11 is 1.73. The van der Waals surface area contributed by atoms with Crippen LogP contribution in [0.1, 0.15) is 23.7 Å². The largest absolute Gasteiger partial charge is 0.478 e. The first-order chi connectivity index (χ1) is 8.90. The van der Waals surface area contributed by atoms with Crippen molar-refractivity contribution in [2.24, 2.45) is 0 Å². The molecular formula is C13H19FN2O2S. The van der Waals surface area contributed by atoms with Crippen molar-refractivity contribution < 1.29 is 14.3 Å². The van der Waals surface area contributed by atoms with Gasteiger partial charge in [-0.15, -0.1) is 0 Å². The number of hydrogen-bond acceptors (Lipinski definition) is 4. The van der Waals surface area contributed by atoms with Crippen LogP contribution in [0, 0.1) is 5.82 Å². The van der Waals surface area contributed by atoms with Gasteiger partial charge < -0.3 is 15.7 Å². The zero-order valence-corrected chi connectivity index (χ0v) is 12.1. The first kappa shape index (κ1) is 15.6. The van der Waals surface area contributed by atoms with E-state index in [4.69, 9.17) is 5.73 Å². The van der Waals surface area contributed by atoms with Gasteiger partial charge in [-0.25, -0.2) is 9.18 Å². The highest BCUT2D eigenvalue weighted by Gasteiger charge is 2.22. The molecule has 1 unspecified atom stereocenters. The number of carboxylic acids is 1. The molecule has 1 aromatic rings. The third-order valence-electron chi connectivity index (χ3n) is 3.17. The van der Waals surface area contributed by atoms with Crippen molar-refractivity contribution in [2.45, 2.75) is 19.4 Å². The Morgan fingerprint density at radius 3 is 2.74 bits per heavy atom. The van der Waals surface area contributed by atoms with Crippen LogP contribution in [0.3, 0.4) is 0 Å². The van der Waals surface area contributed by atoms with Gasteiger partial charge in [-0.2, -0.15) is 11.8 Å². The Bertz CT molecular complexity index is 468. The molecule has 1 atom stereocenters. The summed E-state index contributed by atoms with van der Waals surface area (Å²) in [5.41, 5.74) is 5.50. The molecule has 0 heterocycles. The van der Waals surface area contributed by atoms with Crippen LogP contribution in [0.5, 0.6) is 0 Å². The highest BCUT2D eigenvalue weighted by Crippen LogP contribution is 2.29. The van der Waals surface area contributed by atoms with Gasteiger partial charge in [0.25, 0.3) is 0 Å². The van der Waals surface area contributed by atoms with Gasteiger partial charge in [0.05, 0.1) is 11.4 Å². The lowest BCUT2D eigenvalue weighted by molar-refractivity contribution is 0.0698. The van der Waals surface area contributed by atoms with E-state index in [1.165, 1.54) is 12.1 Å². The Hall–Kier alpha value is -1.43. The van der Waals surface area contributed by atoms with E-state index in [2.05, 4.69) is 0 Å². The average molecular weight is 286 g/mol. The molecule has 0 fully saturated rings. The van der Waals surface area contributed by atoms with Gasteiger partial charge in [0.15, 0.2) is 0 Å². The molecule has 6 heteroatoms. The van der Waals surface area contributed by atoms with Crippen molar-refractivity contribution in [1.29, 1.82) is 0 Å². The van der Waals surface area contributed by atoms with Crippen LogP contribution in [0.15, 0.2) is 12.1 Å². The van der Waals surface area contributed by atoms with E-state index >= 15 is 0 Å². The predicted octanol–water partition coefficient (Wildman–Crippen LogP) is 2.68. The maximum Gasteiger partial charge on any atom is 0.340 e. The number of halogens is 1. The number of carboxylic acid groups (broad SMARTS) is 1. The summed E-state index contributed by atoms with van der Waals surface area (Å²) < 4.78 is 13.4. The van der Waals surface area contributed by atoms with Crippen LogP contribution in [-0.4, -0.2) is 36.2 Å². The molecule has 19 heavy (non-hydrogen) atoms. The van der Waals surface area contributed by atoms with Crippen molar-refractivity contribution in [3.05, 3.63) is 23.5 Å². The first-order valence-corrected chi connectivity index (χ1v) is 7.32. The van der Waals surface area contributed by atoms with Gasteiger partial charge >= 0.3 is 5.97 Å². The molecule has 0 aliphatic heterocycles. The van der Waals surface area contributed by atoms with E-state index in [-0.39, 0.29) is 17.3 Å². The van der Waals surface area contributed by atoms with E-state index in [1.807, 2.05) is 18.1 Å². The summed E-state index contributed by atoms with van der Waals surface area (Å²) in [6, 6.07) is 2.81. The molecule has 0 spiro atoms. The van der Waals surface area contributed by atoms with Gasteiger partial charge in [-0.05, 0) is 37.5 Å². The minimum absolute atomic E-state index is 0.149. The molecule has 3 N–H and O–H groups in total. The highest BCUT2D eigenvalue weighted by molar-refractivity contribution is 7.98. The summed E-state index contributed by atoms with van der Waals surface area (Å²) in [5, 5.41) is 9.20. The van der Waals surface area contributed by atoms with Crippen LogP contribution in [0.25, 0.3) is 0 Å². The Morgan fingerprint density at radius 2 is 2.21 bits per heavy atom. The lowest BCUT2D eigenvalue weighted by atomic mass is 10.1. The van der Waals surface area contributed by atoms with Crippen molar-refractivity contribution in [1.82, 2.24) is 0 Å². The number of thioether (sulfide) groups is 1. The van der Waals surface area contributed by atoms with Gasteiger partial charge in [-0.3, -0.25) is 0 Å². The number of benzene rings is 1. The summed E-state index contributed by atoms with van der Waals surface area (Å²) in [6.45, 7) is 2.00. The van der Waals surface area contributed by atoms with E-state index < -0.39 is 11.8 Å². The fourth-order valence-electron chi connectivity index (χ4n) is 1.82. The molecule has 0 saturated carbocycles. The second-order valence-electron chi connectivity index (χ2n) is 4.40. The van der Waals surface area contributed by atoms with Gasteiger partial charge in [0, 0.05) is 13.1 Å². The quantitative estimate of drug-likeness (QED) is 0.787. The summed E-state index contributed by atoms with van der Waals surface area (Å²) in [4.78, 5) is 13.1. The van der Waals surface area contributed by atoms with Gasteiger partial charge in [-0.1, -0.05) is 0 Å². The van der Waals surface area contributed by atoms with Crippen LogP contribution in [-0.2, 0) is 0 Å². The number of aromatic carboxylic acids is 1. The smallest absolute Gasteiger partial charge is 0.340 e. The number of hydrogen-bond donors (Lipinski definition) is 2. The van der Waals surface area contributed by atoms with Crippen molar-refractivity contribution in [2.75, 3.05) is 29.7 Å². The van der Waals surface area contributed by atoms with Gasteiger partial charge in [0.2, 0.25) is 0 Å². The lowest BCUT2D eigenvalue weighted by Crippen LogP contribution is -2.31. The van der Waals surface area contributed by atoms with Gasteiger partial charge in [0.1, 0.15) is 11.4 Å². The second-order valence-corrected chi connectivity index (χ2v) is 5.39. The Morgan fingerprint density at radius 1 is 1.58 bits per heavy atom. The molecule has 0 saturated heterocycles. The molecule has 0 amide bonds. The number of nitrogens with two attached hydrogens (primary N) is 1. The topological polar surface area (TPSA) is 66.6 Å². The fourth-order valence-corrected chi connectivity index (χ4v) is 2.40. The summed E-state index contributed by atoms with van der Waals surface area (Å²) in [6.07, 6.45) is 2.93. The van der Waals surface area contributed by atoms with E-state index in [0.29, 0.717) is 5.69 Å². The fraction of sp³-hybridized carbons (Fsp3) is 0.462. The highest BCUT2D eigenvalue weighted by atomic mass is 32.2. The molecule has 1 aromatic carbocycles. The average Bonchev–Trinajstić information content (AvgIpc) is 2.37. The Kier molecular flexibility index (Phi) is 5.47. The van der Waals surface area contributed by atoms with Crippen molar-refractivity contribution in [3.8, 4) is 0 Å². The lowest BCUT2D eigenvalue weighted by Gasteiger charge is -2.28. The molecule has 4 nitrogen and oxygen atoms in total.